The number of nitrogens with one attached hydrogen (secondary N) is 1. The summed E-state index contributed by atoms with van der Waals surface area (Å²) in [5, 5.41) is 14.5. The van der Waals surface area contributed by atoms with Crippen molar-refractivity contribution < 1.29 is 19.1 Å². The van der Waals surface area contributed by atoms with Gasteiger partial charge in [-0.3, -0.25) is 4.79 Å². The number of benzene rings is 2. The molecule has 26 heavy (non-hydrogen) atoms. The standard InChI is InChI=1S/C18H10BrClFNO3S/c19-14-6-5-11(21)7-12(14)16(23)22-17-15(18(24)25)13(8-26-17)9-1-3-10(20)4-2-9/h1-8H,(H,22,23)(H,24,25). The number of halogens is 3. The van der Waals surface area contributed by atoms with Crippen LogP contribution in [-0.2, 0) is 0 Å². The predicted molar refractivity (Wildman–Crippen MR) is 104 cm³/mol. The molecule has 3 rings (SSSR count). The highest BCUT2D eigenvalue weighted by molar-refractivity contribution is 9.10. The zero-order valence-corrected chi connectivity index (χ0v) is 16.1. The van der Waals surface area contributed by atoms with Crippen molar-refractivity contribution in [3.8, 4) is 11.1 Å². The predicted octanol–water partition coefficient (Wildman–Crippen LogP) is 5.92. The Labute approximate surface area is 165 Å². The topological polar surface area (TPSA) is 66.4 Å². The van der Waals surface area contributed by atoms with Crippen LogP contribution in [0.5, 0.6) is 0 Å². The second-order valence-corrected chi connectivity index (χ2v) is 7.41. The van der Waals surface area contributed by atoms with Crippen LogP contribution in [0.15, 0.2) is 52.3 Å². The van der Waals surface area contributed by atoms with Crippen molar-refractivity contribution in [3.63, 3.8) is 0 Å². The number of rotatable bonds is 4. The van der Waals surface area contributed by atoms with Gasteiger partial charge in [-0.05, 0) is 51.8 Å². The molecule has 0 atom stereocenters. The zero-order chi connectivity index (χ0) is 18.8. The monoisotopic (exact) mass is 453 g/mol. The van der Waals surface area contributed by atoms with Gasteiger partial charge >= 0.3 is 5.97 Å². The van der Waals surface area contributed by atoms with Crippen LogP contribution in [0, 0.1) is 5.82 Å². The van der Waals surface area contributed by atoms with E-state index >= 15 is 0 Å². The maximum atomic E-state index is 13.4. The molecule has 1 heterocycles. The summed E-state index contributed by atoms with van der Waals surface area (Å²) in [5.41, 5.74) is 1.17. The highest BCUT2D eigenvalue weighted by atomic mass is 79.9. The molecule has 1 aromatic heterocycles. The molecule has 0 spiro atoms. The Morgan fingerprint density at radius 3 is 2.50 bits per heavy atom. The van der Waals surface area contributed by atoms with Gasteiger partial charge in [0.05, 0.1) is 5.56 Å². The lowest BCUT2D eigenvalue weighted by atomic mass is 10.0. The first-order valence-corrected chi connectivity index (χ1v) is 9.29. The van der Waals surface area contributed by atoms with E-state index in [9.17, 15) is 19.1 Å². The maximum Gasteiger partial charge on any atom is 0.339 e. The Balaban J connectivity index is 1.98. The van der Waals surface area contributed by atoms with E-state index in [4.69, 9.17) is 11.6 Å². The van der Waals surface area contributed by atoms with E-state index < -0.39 is 17.7 Å². The van der Waals surface area contributed by atoms with Gasteiger partial charge in [0, 0.05) is 20.4 Å². The molecule has 0 aliphatic carbocycles. The minimum Gasteiger partial charge on any atom is -0.478 e. The molecule has 3 aromatic rings. The first-order chi connectivity index (χ1) is 12.4. The molecular formula is C18H10BrClFNO3S. The number of carboxylic acids is 1. The second-order valence-electron chi connectivity index (χ2n) is 5.24. The van der Waals surface area contributed by atoms with Crippen LogP contribution in [0.3, 0.4) is 0 Å². The van der Waals surface area contributed by atoms with Crippen LogP contribution in [0.2, 0.25) is 5.02 Å². The van der Waals surface area contributed by atoms with E-state index in [2.05, 4.69) is 21.2 Å². The summed E-state index contributed by atoms with van der Waals surface area (Å²) in [6, 6.07) is 10.4. The van der Waals surface area contributed by atoms with Gasteiger partial charge < -0.3 is 10.4 Å². The largest absolute Gasteiger partial charge is 0.478 e. The fourth-order valence-electron chi connectivity index (χ4n) is 2.35. The molecule has 0 bridgehead atoms. The molecule has 4 nitrogen and oxygen atoms in total. The first-order valence-electron chi connectivity index (χ1n) is 7.24. The molecule has 0 aliphatic rings. The fraction of sp³-hybridized carbons (Fsp3) is 0. The van der Waals surface area contributed by atoms with E-state index in [0.717, 1.165) is 17.4 Å². The lowest BCUT2D eigenvalue weighted by Gasteiger charge is -2.08. The van der Waals surface area contributed by atoms with Gasteiger partial charge in [-0.15, -0.1) is 11.3 Å². The highest BCUT2D eigenvalue weighted by Gasteiger charge is 2.22. The molecule has 132 valence electrons. The number of carboxylic acid groups (broad SMARTS) is 1. The fourth-order valence-corrected chi connectivity index (χ4v) is 3.86. The van der Waals surface area contributed by atoms with Crippen molar-refractivity contribution in [1.29, 1.82) is 0 Å². The van der Waals surface area contributed by atoms with Gasteiger partial charge in [-0.1, -0.05) is 23.7 Å². The molecule has 2 aromatic carbocycles. The van der Waals surface area contributed by atoms with Crippen LogP contribution in [0.4, 0.5) is 9.39 Å². The van der Waals surface area contributed by atoms with Crippen molar-refractivity contribution in [3.05, 3.63) is 74.3 Å². The van der Waals surface area contributed by atoms with Crippen LogP contribution >= 0.6 is 38.9 Å². The number of hydrogen-bond donors (Lipinski definition) is 2. The summed E-state index contributed by atoms with van der Waals surface area (Å²) in [4.78, 5) is 24.2. The third kappa shape index (κ3) is 3.80. The summed E-state index contributed by atoms with van der Waals surface area (Å²) in [7, 11) is 0. The van der Waals surface area contributed by atoms with Gasteiger partial charge in [-0.2, -0.15) is 0 Å². The molecule has 1 amide bonds. The van der Waals surface area contributed by atoms with Crippen LogP contribution in [0.1, 0.15) is 20.7 Å². The molecule has 0 saturated carbocycles. The van der Waals surface area contributed by atoms with E-state index in [0.29, 0.717) is 20.6 Å². The summed E-state index contributed by atoms with van der Waals surface area (Å²) in [5.74, 6) is -2.35. The summed E-state index contributed by atoms with van der Waals surface area (Å²) in [6.45, 7) is 0. The number of aromatic carboxylic acids is 1. The molecule has 8 heteroatoms. The Morgan fingerprint density at radius 2 is 1.85 bits per heavy atom. The van der Waals surface area contributed by atoms with Crippen molar-refractivity contribution in [2.45, 2.75) is 0 Å². The third-order valence-corrected chi connectivity index (χ3v) is 5.40. The minimum absolute atomic E-state index is 0.0294. The SMILES string of the molecule is O=C(Nc1scc(-c2ccc(Cl)cc2)c1C(=O)O)c1cc(F)ccc1Br. The van der Waals surface area contributed by atoms with E-state index in [1.807, 2.05) is 0 Å². The van der Waals surface area contributed by atoms with Crippen LogP contribution in [0.25, 0.3) is 11.1 Å². The molecule has 0 fully saturated rings. The number of anilines is 1. The molecule has 0 saturated heterocycles. The van der Waals surface area contributed by atoms with Crippen molar-refractivity contribution >= 4 is 55.7 Å². The molecule has 0 aliphatic heterocycles. The van der Waals surface area contributed by atoms with Crippen molar-refractivity contribution in [1.82, 2.24) is 0 Å². The molecule has 2 N–H and O–H groups in total. The third-order valence-electron chi connectivity index (χ3n) is 3.56. The smallest absolute Gasteiger partial charge is 0.339 e. The Morgan fingerprint density at radius 1 is 1.15 bits per heavy atom. The Bertz CT molecular complexity index is 1000. The number of thiophene rings is 1. The minimum atomic E-state index is -1.18. The summed E-state index contributed by atoms with van der Waals surface area (Å²) in [6.07, 6.45) is 0. The highest BCUT2D eigenvalue weighted by Crippen LogP contribution is 2.36. The first kappa shape index (κ1) is 18.6. The van der Waals surface area contributed by atoms with E-state index in [1.165, 1.54) is 12.1 Å². The average Bonchev–Trinajstić information content (AvgIpc) is 3.01. The zero-order valence-electron chi connectivity index (χ0n) is 12.9. The molecule has 0 radical (unpaired) electrons. The normalized spacial score (nSPS) is 10.6. The van der Waals surface area contributed by atoms with Crippen LogP contribution < -0.4 is 5.32 Å². The molecule has 0 unspecified atom stereocenters. The summed E-state index contributed by atoms with van der Waals surface area (Å²) < 4.78 is 13.8. The number of carbonyl (C=O) groups excluding carboxylic acids is 1. The van der Waals surface area contributed by atoms with Crippen molar-refractivity contribution in [2.75, 3.05) is 5.32 Å². The van der Waals surface area contributed by atoms with Gasteiger partial charge in [-0.25, -0.2) is 9.18 Å². The summed E-state index contributed by atoms with van der Waals surface area (Å²) >= 11 is 10.1. The quantitative estimate of drug-likeness (QED) is 0.514. The van der Waals surface area contributed by atoms with Gasteiger partial charge in [0.15, 0.2) is 0 Å². The number of amides is 1. The Kier molecular flexibility index (Phi) is 5.41. The lowest BCUT2D eigenvalue weighted by molar-refractivity contribution is 0.0699. The van der Waals surface area contributed by atoms with E-state index in [1.54, 1.807) is 29.6 Å². The van der Waals surface area contributed by atoms with Gasteiger partial charge in [0.1, 0.15) is 16.4 Å². The van der Waals surface area contributed by atoms with Gasteiger partial charge in [0.2, 0.25) is 0 Å². The maximum absolute atomic E-state index is 13.4. The lowest BCUT2D eigenvalue weighted by Crippen LogP contribution is -2.14. The van der Waals surface area contributed by atoms with Gasteiger partial charge in [0.25, 0.3) is 5.91 Å². The number of hydrogen-bond acceptors (Lipinski definition) is 3. The number of carbonyl (C=O) groups is 2. The van der Waals surface area contributed by atoms with Crippen LogP contribution in [-0.4, -0.2) is 17.0 Å². The second kappa shape index (κ2) is 7.57. The van der Waals surface area contributed by atoms with E-state index in [-0.39, 0.29) is 16.1 Å². The average molecular weight is 455 g/mol. The Hall–Kier alpha value is -2.22. The van der Waals surface area contributed by atoms with Crippen molar-refractivity contribution in [2.24, 2.45) is 0 Å². The molecular weight excluding hydrogens is 445 g/mol.